The highest BCUT2D eigenvalue weighted by Crippen LogP contribution is 2.18. The number of carbonyl (C=O) groups is 1. The maximum absolute atomic E-state index is 11.5. The van der Waals surface area contributed by atoms with Gasteiger partial charge in [-0.2, -0.15) is 0 Å². The topological polar surface area (TPSA) is 59.2 Å². The van der Waals surface area contributed by atoms with Crippen LogP contribution in [0.25, 0.3) is 0 Å². The van der Waals surface area contributed by atoms with E-state index in [1.807, 2.05) is 6.20 Å². The number of thiazole rings is 1. The molecule has 82 valence electrons. The van der Waals surface area contributed by atoms with Crippen LogP contribution < -0.4 is 5.73 Å². The highest BCUT2D eigenvalue weighted by molar-refractivity contribution is 7.11. The van der Waals surface area contributed by atoms with E-state index < -0.39 is 0 Å². The lowest BCUT2D eigenvalue weighted by Gasteiger charge is -2.13. The van der Waals surface area contributed by atoms with Crippen molar-refractivity contribution in [1.82, 2.24) is 9.88 Å². The fourth-order valence-corrected chi connectivity index (χ4v) is 2.58. The SMILES string of the molecule is CCc1cnc(CN2CC(N)CC2=O)s1. The summed E-state index contributed by atoms with van der Waals surface area (Å²) in [5, 5.41) is 1.01. The quantitative estimate of drug-likeness (QED) is 0.826. The Kier molecular flexibility index (Phi) is 3.02. The number of carbonyl (C=O) groups excluding carboxylic acids is 1. The molecule has 4 nitrogen and oxygen atoms in total. The number of rotatable bonds is 3. The molecule has 0 spiro atoms. The minimum atomic E-state index is 0.00288. The number of aryl methyl sites for hydroxylation is 1. The third-order valence-electron chi connectivity index (χ3n) is 2.52. The molecule has 1 amide bonds. The second kappa shape index (κ2) is 4.28. The standard InChI is InChI=1S/C10H15N3OS/c1-2-8-4-12-9(15-8)6-13-5-7(11)3-10(13)14/h4,7H,2-3,5-6,11H2,1H3. The molecule has 1 atom stereocenters. The highest BCUT2D eigenvalue weighted by atomic mass is 32.1. The van der Waals surface area contributed by atoms with Gasteiger partial charge < -0.3 is 10.6 Å². The first-order valence-corrected chi connectivity index (χ1v) is 5.97. The minimum absolute atomic E-state index is 0.00288. The zero-order chi connectivity index (χ0) is 10.8. The Bertz CT molecular complexity index is 363. The van der Waals surface area contributed by atoms with E-state index in [9.17, 15) is 4.79 Å². The molecule has 1 aliphatic heterocycles. The number of hydrogen-bond acceptors (Lipinski definition) is 4. The van der Waals surface area contributed by atoms with Crippen molar-refractivity contribution in [3.63, 3.8) is 0 Å². The van der Waals surface area contributed by atoms with Gasteiger partial charge in [0.25, 0.3) is 0 Å². The zero-order valence-corrected chi connectivity index (χ0v) is 9.59. The zero-order valence-electron chi connectivity index (χ0n) is 8.77. The van der Waals surface area contributed by atoms with Gasteiger partial charge in [-0.25, -0.2) is 4.98 Å². The summed E-state index contributed by atoms with van der Waals surface area (Å²) in [5.41, 5.74) is 5.72. The predicted octanol–water partition coefficient (Wildman–Crippen LogP) is 0.765. The molecule has 2 N–H and O–H groups in total. The van der Waals surface area contributed by atoms with E-state index in [0.717, 1.165) is 11.4 Å². The van der Waals surface area contributed by atoms with Crippen LogP contribution >= 0.6 is 11.3 Å². The van der Waals surface area contributed by atoms with Crippen LogP contribution in [-0.4, -0.2) is 28.4 Å². The van der Waals surface area contributed by atoms with Crippen LogP contribution in [0.5, 0.6) is 0 Å². The van der Waals surface area contributed by atoms with Gasteiger partial charge >= 0.3 is 0 Å². The van der Waals surface area contributed by atoms with Crippen LogP contribution in [0.3, 0.4) is 0 Å². The van der Waals surface area contributed by atoms with Crippen molar-refractivity contribution in [1.29, 1.82) is 0 Å². The third kappa shape index (κ3) is 2.35. The Balaban J connectivity index is 1.99. The Morgan fingerprint density at radius 2 is 2.53 bits per heavy atom. The van der Waals surface area contributed by atoms with Gasteiger partial charge in [0.2, 0.25) is 5.91 Å². The molecule has 2 rings (SSSR count). The monoisotopic (exact) mass is 225 g/mol. The van der Waals surface area contributed by atoms with Gasteiger partial charge in [-0.05, 0) is 6.42 Å². The average molecular weight is 225 g/mol. The lowest BCUT2D eigenvalue weighted by Crippen LogP contribution is -2.27. The van der Waals surface area contributed by atoms with Crippen LogP contribution in [0.15, 0.2) is 6.20 Å². The van der Waals surface area contributed by atoms with E-state index >= 15 is 0 Å². The molecule has 0 bridgehead atoms. The van der Waals surface area contributed by atoms with Gasteiger partial charge in [-0.1, -0.05) is 6.92 Å². The van der Waals surface area contributed by atoms with E-state index in [-0.39, 0.29) is 11.9 Å². The van der Waals surface area contributed by atoms with Crippen molar-refractivity contribution in [2.24, 2.45) is 5.73 Å². The van der Waals surface area contributed by atoms with Crippen LogP contribution in [0, 0.1) is 0 Å². The Labute approximate surface area is 93.1 Å². The number of nitrogens with zero attached hydrogens (tertiary/aromatic N) is 2. The molecule has 0 saturated carbocycles. The molecular weight excluding hydrogens is 210 g/mol. The Morgan fingerprint density at radius 1 is 1.73 bits per heavy atom. The molecule has 5 heteroatoms. The molecule has 1 aliphatic rings. The smallest absolute Gasteiger partial charge is 0.224 e. The summed E-state index contributed by atoms with van der Waals surface area (Å²) in [6.07, 6.45) is 3.37. The van der Waals surface area contributed by atoms with Gasteiger partial charge in [0.1, 0.15) is 5.01 Å². The van der Waals surface area contributed by atoms with E-state index in [1.54, 1.807) is 16.2 Å². The van der Waals surface area contributed by atoms with Crippen LogP contribution in [0.2, 0.25) is 0 Å². The molecular formula is C10H15N3OS. The lowest BCUT2D eigenvalue weighted by molar-refractivity contribution is -0.128. The average Bonchev–Trinajstić information content (AvgIpc) is 2.75. The maximum Gasteiger partial charge on any atom is 0.224 e. The fraction of sp³-hybridized carbons (Fsp3) is 0.600. The minimum Gasteiger partial charge on any atom is -0.334 e. The summed E-state index contributed by atoms with van der Waals surface area (Å²) in [5.74, 6) is 0.149. The summed E-state index contributed by atoms with van der Waals surface area (Å²) in [4.78, 5) is 18.8. The van der Waals surface area contributed by atoms with Crippen LogP contribution in [0.4, 0.5) is 0 Å². The van der Waals surface area contributed by atoms with Crippen molar-refractivity contribution >= 4 is 17.2 Å². The van der Waals surface area contributed by atoms with E-state index in [4.69, 9.17) is 5.73 Å². The van der Waals surface area contributed by atoms with Gasteiger partial charge in [-0.15, -0.1) is 11.3 Å². The van der Waals surface area contributed by atoms with Crippen molar-refractivity contribution in [3.05, 3.63) is 16.1 Å². The summed E-state index contributed by atoms with van der Waals surface area (Å²) < 4.78 is 0. The van der Waals surface area contributed by atoms with Crippen molar-refractivity contribution < 1.29 is 4.79 Å². The van der Waals surface area contributed by atoms with Gasteiger partial charge in [0.05, 0.1) is 6.54 Å². The first kappa shape index (κ1) is 10.6. The van der Waals surface area contributed by atoms with Crippen LogP contribution in [-0.2, 0) is 17.8 Å². The third-order valence-corrected chi connectivity index (χ3v) is 3.65. The number of likely N-dealkylation sites (tertiary alicyclic amines) is 1. The molecule has 1 fully saturated rings. The second-order valence-corrected chi connectivity index (χ2v) is 5.01. The van der Waals surface area contributed by atoms with Gasteiger partial charge in [-0.3, -0.25) is 4.79 Å². The van der Waals surface area contributed by atoms with Crippen molar-refractivity contribution in [2.75, 3.05) is 6.54 Å². The molecule has 0 aromatic carbocycles. The molecule has 2 heterocycles. The molecule has 1 unspecified atom stereocenters. The largest absolute Gasteiger partial charge is 0.334 e. The molecule has 15 heavy (non-hydrogen) atoms. The molecule has 1 saturated heterocycles. The van der Waals surface area contributed by atoms with Crippen LogP contribution in [0.1, 0.15) is 23.2 Å². The Morgan fingerprint density at radius 3 is 3.07 bits per heavy atom. The summed E-state index contributed by atoms with van der Waals surface area (Å²) in [6, 6.07) is 0.00288. The number of amides is 1. The lowest BCUT2D eigenvalue weighted by atomic mass is 10.3. The van der Waals surface area contributed by atoms with Crippen molar-refractivity contribution in [2.45, 2.75) is 32.4 Å². The van der Waals surface area contributed by atoms with Crippen molar-refractivity contribution in [3.8, 4) is 0 Å². The highest BCUT2D eigenvalue weighted by Gasteiger charge is 2.27. The van der Waals surface area contributed by atoms with Gasteiger partial charge in [0.15, 0.2) is 0 Å². The summed E-state index contributed by atoms with van der Waals surface area (Å²) in [6.45, 7) is 3.39. The summed E-state index contributed by atoms with van der Waals surface area (Å²) >= 11 is 1.68. The molecule has 0 aliphatic carbocycles. The summed E-state index contributed by atoms with van der Waals surface area (Å²) in [7, 11) is 0. The van der Waals surface area contributed by atoms with Gasteiger partial charge in [0, 0.05) is 30.1 Å². The van der Waals surface area contributed by atoms with E-state index in [1.165, 1.54) is 4.88 Å². The fourth-order valence-electron chi connectivity index (χ4n) is 1.70. The number of nitrogens with two attached hydrogens (primary N) is 1. The normalized spacial score (nSPS) is 21.3. The predicted molar refractivity (Wildman–Crippen MR) is 59.5 cm³/mol. The molecule has 0 radical (unpaired) electrons. The molecule has 1 aromatic rings. The first-order valence-electron chi connectivity index (χ1n) is 5.16. The van der Waals surface area contributed by atoms with E-state index in [2.05, 4.69) is 11.9 Å². The maximum atomic E-state index is 11.5. The number of aromatic nitrogens is 1. The number of hydrogen-bond donors (Lipinski definition) is 1. The molecule has 1 aromatic heterocycles. The Hall–Kier alpha value is -0.940. The second-order valence-electron chi connectivity index (χ2n) is 3.81. The first-order chi connectivity index (χ1) is 7.19. The van der Waals surface area contributed by atoms with E-state index in [0.29, 0.717) is 19.5 Å².